The molecule has 1 aromatic heterocycles. The first-order chi connectivity index (χ1) is 18.8. The van der Waals surface area contributed by atoms with Gasteiger partial charge < -0.3 is 20.3 Å². The molecule has 0 fully saturated rings. The van der Waals surface area contributed by atoms with E-state index in [1.165, 1.54) is 0 Å². The van der Waals surface area contributed by atoms with E-state index >= 15 is 0 Å². The van der Waals surface area contributed by atoms with Gasteiger partial charge in [0.25, 0.3) is 11.8 Å². The third-order valence-corrected chi connectivity index (χ3v) is 6.55. The Morgan fingerprint density at radius 1 is 1.13 bits per heavy atom. The van der Waals surface area contributed by atoms with Gasteiger partial charge in [-0.25, -0.2) is 0 Å². The highest BCUT2D eigenvalue weighted by atomic mass is 35.5. The number of rotatable bonds is 4. The summed E-state index contributed by atoms with van der Waals surface area (Å²) in [7, 11) is 0. The Morgan fingerprint density at radius 3 is 2.69 bits per heavy atom. The molecular formula is C28H33ClN6O4. The zero-order valence-corrected chi connectivity index (χ0v) is 22.9. The average Bonchev–Trinajstić information content (AvgIpc) is 3.45. The first-order valence-electron chi connectivity index (χ1n) is 13.0. The van der Waals surface area contributed by atoms with Gasteiger partial charge in [0.15, 0.2) is 0 Å². The first kappa shape index (κ1) is 28.1. The van der Waals surface area contributed by atoms with Gasteiger partial charge in [-0.3, -0.25) is 19.0 Å². The minimum absolute atomic E-state index is 0.0944. The summed E-state index contributed by atoms with van der Waals surface area (Å²) in [6, 6.07) is 11.7. The third-order valence-electron chi connectivity index (χ3n) is 6.32. The van der Waals surface area contributed by atoms with Gasteiger partial charge in [-0.05, 0) is 61.6 Å². The van der Waals surface area contributed by atoms with Crippen molar-refractivity contribution in [3.05, 3.63) is 71.3 Å². The molecule has 0 saturated carbocycles. The summed E-state index contributed by atoms with van der Waals surface area (Å²) in [5.74, 6) is -0.127. The number of nitrogens with one attached hydrogen (secondary N) is 2. The van der Waals surface area contributed by atoms with Gasteiger partial charge in [0.05, 0.1) is 18.2 Å². The number of hydrogen-bond donors (Lipinski definition) is 2. The van der Waals surface area contributed by atoms with Gasteiger partial charge >= 0.3 is 0 Å². The molecule has 11 heteroatoms. The fraction of sp³-hybridized carbons (Fsp3) is 0.393. The maximum absolute atomic E-state index is 13.6. The normalized spacial score (nSPS) is 17.3. The monoisotopic (exact) mass is 552 g/mol. The van der Waals surface area contributed by atoms with Crippen LogP contribution in [0.2, 0.25) is 5.02 Å². The maximum Gasteiger partial charge on any atom is 0.255 e. The second-order valence-electron chi connectivity index (χ2n) is 9.95. The minimum Gasteiger partial charge on any atom is -0.491 e. The number of ether oxygens (including phenoxy) is 1. The molecule has 0 bridgehead atoms. The van der Waals surface area contributed by atoms with Gasteiger partial charge in [0, 0.05) is 29.4 Å². The molecule has 0 spiro atoms. The smallest absolute Gasteiger partial charge is 0.255 e. The zero-order chi connectivity index (χ0) is 27.8. The number of carbonyl (C=O) groups excluding carboxylic acids is 3. The Morgan fingerprint density at radius 2 is 1.92 bits per heavy atom. The molecule has 1 atom stereocenters. The van der Waals surface area contributed by atoms with Crippen LogP contribution < -0.4 is 15.4 Å². The zero-order valence-electron chi connectivity index (χ0n) is 22.1. The lowest BCUT2D eigenvalue weighted by molar-refractivity contribution is -0.122. The van der Waals surface area contributed by atoms with Crippen LogP contribution in [0.5, 0.6) is 5.75 Å². The predicted octanol–water partition coefficient (Wildman–Crippen LogP) is 3.50. The molecule has 39 heavy (non-hydrogen) atoms. The number of benzene rings is 2. The van der Waals surface area contributed by atoms with Crippen molar-refractivity contribution in [1.82, 2.24) is 30.3 Å². The molecule has 0 radical (unpaired) electrons. The molecule has 4 rings (SSSR count). The van der Waals surface area contributed by atoms with Crippen molar-refractivity contribution in [2.24, 2.45) is 5.92 Å². The molecule has 3 aromatic rings. The summed E-state index contributed by atoms with van der Waals surface area (Å²) in [4.78, 5) is 41.2. The average molecular weight is 553 g/mol. The Kier molecular flexibility index (Phi) is 9.54. The van der Waals surface area contributed by atoms with E-state index in [9.17, 15) is 14.4 Å². The van der Waals surface area contributed by atoms with Crippen molar-refractivity contribution >= 4 is 29.3 Å². The van der Waals surface area contributed by atoms with Crippen LogP contribution >= 0.6 is 11.6 Å². The number of hydrogen-bond acceptors (Lipinski definition) is 6. The van der Waals surface area contributed by atoms with Crippen LogP contribution in [-0.2, 0) is 4.79 Å². The summed E-state index contributed by atoms with van der Waals surface area (Å²) in [6.07, 6.45) is 4.98. The molecule has 2 N–H and O–H groups in total. The van der Waals surface area contributed by atoms with Crippen molar-refractivity contribution in [2.75, 3.05) is 26.2 Å². The summed E-state index contributed by atoms with van der Waals surface area (Å²) < 4.78 is 7.72. The molecule has 1 aliphatic rings. The highest BCUT2D eigenvalue weighted by molar-refractivity contribution is 6.31. The number of carbonyl (C=O) groups is 3. The van der Waals surface area contributed by atoms with Gasteiger partial charge in [0.1, 0.15) is 25.0 Å². The molecule has 0 unspecified atom stereocenters. The highest BCUT2D eigenvalue weighted by Gasteiger charge is 2.23. The fourth-order valence-corrected chi connectivity index (χ4v) is 4.65. The second-order valence-corrected chi connectivity index (χ2v) is 10.4. The Bertz CT molecular complexity index is 1300. The van der Waals surface area contributed by atoms with Crippen LogP contribution in [0.3, 0.4) is 0 Å². The van der Waals surface area contributed by atoms with Gasteiger partial charge in [-0.1, -0.05) is 31.5 Å². The van der Waals surface area contributed by atoms with E-state index < -0.39 is 0 Å². The Balaban J connectivity index is 1.55. The topological polar surface area (TPSA) is 118 Å². The number of aromatic nitrogens is 3. The van der Waals surface area contributed by atoms with Crippen LogP contribution in [-0.4, -0.2) is 69.7 Å². The molecule has 0 saturated heterocycles. The Labute approximate surface area is 232 Å². The molecule has 10 nitrogen and oxygen atoms in total. The van der Waals surface area contributed by atoms with E-state index in [2.05, 4.69) is 34.7 Å². The van der Waals surface area contributed by atoms with Gasteiger partial charge in [0.2, 0.25) is 5.91 Å². The van der Waals surface area contributed by atoms with E-state index in [1.807, 2.05) is 6.07 Å². The van der Waals surface area contributed by atoms with Crippen LogP contribution in [0.15, 0.2) is 55.1 Å². The van der Waals surface area contributed by atoms with Crippen LogP contribution in [0.4, 0.5) is 0 Å². The van der Waals surface area contributed by atoms with E-state index in [4.69, 9.17) is 16.3 Å². The highest BCUT2D eigenvalue weighted by Crippen LogP contribution is 2.24. The molecule has 2 aromatic carbocycles. The summed E-state index contributed by atoms with van der Waals surface area (Å²) in [6.45, 7) is 4.94. The minimum atomic E-state index is -0.316. The quantitative estimate of drug-likeness (QED) is 0.511. The van der Waals surface area contributed by atoms with Crippen molar-refractivity contribution in [1.29, 1.82) is 0 Å². The SMILES string of the molecule is CC(C)C[C@@H]1COc2ccc(Cl)cc2C(=O)NCCCCN(C(=O)c2cccc(-n3cnnc3)c2)CC(=O)N1. The molecular weight excluding hydrogens is 520 g/mol. The Hall–Kier alpha value is -3.92. The molecule has 206 valence electrons. The van der Waals surface area contributed by atoms with Crippen LogP contribution in [0.25, 0.3) is 5.69 Å². The predicted molar refractivity (Wildman–Crippen MR) is 147 cm³/mol. The molecule has 0 aliphatic carbocycles. The van der Waals surface area contributed by atoms with Crippen LogP contribution in [0.1, 0.15) is 53.8 Å². The van der Waals surface area contributed by atoms with Gasteiger partial charge in [-0.2, -0.15) is 0 Å². The number of amides is 3. The van der Waals surface area contributed by atoms with Gasteiger partial charge in [-0.15, -0.1) is 10.2 Å². The van der Waals surface area contributed by atoms with E-state index in [0.717, 1.165) is 5.69 Å². The van der Waals surface area contributed by atoms with Crippen LogP contribution in [0, 0.1) is 5.92 Å². The number of fused-ring (bicyclic) bond motifs is 1. The molecule has 2 heterocycles. The standard InChI is InChI=1S/C28H33ClN6O4/c1-19(2)12-22-16-39-25-9-8-21(29)14-24(25)27(37)30-10-3-4-11-34(15-26(36)33-22)28(38)20-6-5-7-23(13-20)35-17-31-32-18-35/h5-9,13-14,17-19,22H,3-4,10-12,15-16H2,1-2H3,(H,30,37)(H,33,36)/t22-/m1/s1. The summed E-state index contributed by atoms with van der Waals surface area (Å²) in [5, 5.41) is 14.0. The number of nitrogens with zero attached hydrogens (tertiary/aromatic N) is 4. The molecule has 1 aliphatic heterocycles. The van der Waals surface area contributed by atoms with Crippen molar-refractivity contribution < 1.29 is 19.1 Å². The maximum atomic E-state index is 13.6. The summed E-state index contributed by atoms with van der Waals surface area (Å²) >= 11 is 6.15. The molecule has 3 amide bonds. The van der Waals surface area contributed by atoms with E-state index in [-0.39, 0.29) is 42.8 Å². The van der Waals surface area contributed by atoms with Crippen molar-refractivity contribution in [3.63, 3.8) is 0 Å². The van der Waals surface area contributed by atoms with Crippen molar-refractivity contribution in [3.8, 4) is 11.4 Å². The van der Waals surface area contributed by atoms with E-state index in [0.29, 0.717) is 54.3 Å². The van der Waals surface area contributed by atoms with Crippen molar-refractivity contribution in [2.45, 2.75) is 39.2 Å². The number of halogens is 1. The largest absolute Gasteiger partial charge is 0.491 e. The fourth-order valence-electron chi connectivity index (χ4n) is 4.47. The first-order valence-corrected chi connectivity index (χ1v) is 13.4. The second kappa shape index (κ2) is 13.2. The third kappa shape index (κ3) is 7.79. The lowest BCUT2D eigenvalue weighted by atomic mass is 10.0. The van der Waals surface area contributed by atoms with E-state index in [1.54, 1.807) is 58.5 Å². The summed E-state index contributed by atoms with van der Waals surface area (Å²) in [5.41, 5.74) is 1.54. The lowest BCUT2D eigenvalue weighted by Gasteiger charge is -2.25. The lowest BCUT2D eigenvalue weighted by Crippen LogP contribution is -2.46.